The third-order valence-corrected chi connectivity index (χ3v) is 7.85. The molecular formula is C29H28BrClN4O2S. The van der Waals surface area contributed by atoms with Gasteiger partial charge in [0, 0.05) is 40.5 Å². The van der Waals surface area contributed by atoms with E-state index in [1.54, 1.807) is 7.11 Å². The zero-order valence-corrected chi connectivity index (χ0v) is 24.5. The van der Waals surface area contributed by atoms with Crippen LogP contribution in [0.15, 0.2) is 77.4 Å². The number of hydrogen-bond acceptors (Lipinski definition) is 4. The van der Waals surface area contributed by atoms with Crippen molar-refractivity contribution < 1.29 is 9.47 Å². The summed E-state index contributed by atoms with van der Waals surface area (Å²) in [6.07, 6.45) is 1.81. The van der Waals surface area contributed by atoms with Crippen LogP contribution in [0.5, 0.6) is 5.75 Å². The second kappa shape index (κ2) is 11.5. The lowest BCUT2D eigenvalue weighted by Gasteiger charge is -2.28. The summed E-state index contributed by atoms with van der Waals surface area (Å²) in [5.74, 6) is 0.608. The molecule has 2 aromatic carbocycles. The average Bonchev–Trinajstić information content (AvgIpc) is 3.41. The first-order valence-corrected chi connectivity index (χ1v) is 13.8. The molecule has 38 heavy (non-hydrogen) atoms. The molecule has 3 heterocycles. The number of ether oxygens (including phenoxy) is 2. The van der Waals surface area contributed by atoms with Gasteiger partial charge in [0.15, 0.2) is 5.11 Å². The Labute approximate surface area is 241 Å². The molecule has 1 N–H and O–H groups in total. The maximum atomic E-state index is 6.66. The number of rotatable bonds is 8. The second-order valence-electron chi connectivity index (χ2n) is 9.09. The van der Waals surface area contributed by atoms with Crippen LogP contribution in [-0.4, -0.2) is 35.0 Å². The van der Waals surface area contributed by atoms with E-state index in [1.165, 1.54) is 0 Å². The average molecular weight is 612 g/mol. The van der Waals surface area contributed by atoms with Crippen molar-refractivity contribution in [2.24, 2.45) is 0 Å². The zero-order chi connectivity index (χ0) is 26.8. The van der Waals surface area contributed by atoms with E-state index in [2.05, 4.69) is 79.9 Å². The molecule has 0 aliphatic carbocycles. The minimum absolute atomic E-state index is 0.149. The fourth-order valence-corrected chi connectivity index (χ4v) is 5.85. The molecule has 0 radical (unpaired) electrons. The highest BCUT2D eigenvalue weighted by Gasteiger charge is 2.42. The summed E-state index contributed by atoms with van der Waals surface area (Å²) < 4.78 is 14.2. The van der Waals surface area contributed by atoms with Crippen LogP contribution in [-0.2, 0) is 4.74 Å². The molecule has 9 heteroatoms. The predicted octanol–water partition coefficient (Wildman–Crippen LogP) is 7.11. The Morgan fingerprint density at radius 1 is 1.03 bits per heavy atom. The van der Waals surface area contributed by atoms with Crippen LogP contribution in [0.2, 0.25) is 5.02 Å². The molecule has 2 aromatic heterocycles. The van der Waals surface area contributed by atoms with Crippen molar-refractivity contribution in [2.45, 2.75) is 25.9 Å². The number of hydrogen-bond donors (Lipinski definition) is 1. The van der Waals surface area contributed by atoms with Crippen LogP contribution in [0.4, 0.5) is 5.69 Å². The van der Waals surface area contributed by atoms with Gasteiger partial charge >= 0.3 is 0 Å². The number of nitrogens with one attached hydrogen (secondary N) is 1. The first kappa shape index (κ1) is 26.7. The zero-order valence-electron chi connectivity index (χ0n) is 21.3. The summed E-state index contributed by atoms with van der Waals surface area (Å²) >= 11 is 16.1. The van der Waals surface area contributed by atoms with Gasteiger partial charge in [-0.15, -0.1) is 0 Å². The fraction of sp³-hybridized carbons (Fsp3) is 0.241. The standard InChI is InChI=1S/C29H28BrClN4O2S/c1-18-16-23(19(2)34(18)21-9-7-20(30)8-10-21)28-27(25-6-4-5-13-32-25)33-29(38)35(28)22-11-12-26(24(31)17-22)37-15-14-36-3/h4-13,16-17,27-28H,14-15H2,1-3H3,(H,33,38)/t27-,28-/m0/s1. The summed E-state index contributed by atoms with van der Waals surface area (Å²) in [5.41, 5.74) is 6.33. The van der Waals surface area contributed by atoms with Crippen molar-refractivity contribution in [3.05, 3.63) is 105 Å². The number of methoxy groups -OCH3 is 1. The van der Waals surface area contributed by atoms with Crippen molar-refractivity contribution in [1.29, 1.82) is 0 Å². The van der Waals surface area contributed by atoms with E-state index in [0.29, 0.717) is 29.1 Å². The normalized spacial score (nSPS) is 17.1. The number of pyridine rings is 1. The molecule has 1 aliphatic heterocycles. The molecule has 0 bridgehead atoms. The highest BCUT2D eigenvalue weighted by Crippen LogP contribution is 2.45. The predicted molar refractivity (Wildman–Crippen MR) is 160 cm³/mol. The molecule has 2 atom stereocenters. The van der Waals surface area contributed by atoms with E-state index >= 15 is 0 Å². The molecule has 5 rings (SSSR count). The van der Waals surface area contributed by atoms with Gasteiger partial charge in [0.05, 0.1) is 29.4 Å². The minimum Gasteiger partial charge on any atom is -0.490 e. The highest BCUT2D eigenvalue weighted by molar-refractivity contribution is 9.10. The van der Waals surface area contributed by atoms with Crippen molar-refractivity contribution in [1.82, 2.24) is 14.9 Å². The number of aryl methyl sites for hydroxylation is 1. The molecule has 196 valence electrons. The Morgan fingerprint density at radius 2 is 1.79 bits per heavy atom. The van der Waals surface area contributed by atoms with Crippen molar-refractivity contribution in [3.63, 3.8) is 0 Å². The number of nitrogens with zero attached hydrogens (tertiary/aromatic N) is 3. The lowest BCUT2D eigenvalue weighted by Crippen LogP contribution is -2.29. The van der Waals surface area contributed by atoms with Crippen molar-refractivity contribution >= 4 is 50.5 Å². The number of thiocarbonyl (C=S) groups is 1. The van der Waals surface area contributed by atoms with Crippen molar-refractivity contribution in [3.8, 4) is 11.4 Å². The Balaban J connectivity index is 1.60. The smallest absolute Gasteiger partial charge is 0.174 e. The van der Waals surface area contributed by atoms with Gasteiger partial charge in [-0.3, -0.25) is 4.98 Å². The van der Waals surface area contributed by atoms with E-state index in [0.717, 1.165) is 38.5 Å². The topological polar surface area (TPSA) is 51.6 Å². The van der Waals surface area contributed by atoms with E-state index in [1.807, 2.05) is 42.6 Å². The first-order chi connectivity index (χ1) is 18.4. The molecule has 1 saturated heterocycles. The SMILES string of the molecule is COCCOc1ccc(N2C(=S)N[C@@H](c3ccccn3)[C@@H]2c2cc(C)n(-c3ccc(Br)cc3)c2C)cc1Cl. The van der Waals surface area contributed by atoms with Crippen LogP contribution in [0.25, 0.3) is 5.69 Å². The summed E-state index contributed by atoms with van der Waals surface area (Å²) in [4.78, 5) is 6.81. The van der Waals surface area contributed by atoms with Crippen LogP contribution in [0.3, 0.4) is 0 Å². The first-order valence-electron chi connectivity index (χ1n) is 12.3. The van der Waals surface area contributed by atoms with Gasteiger partial charge in [0.2, 0.25) is 0 Å². The molecular weight excluding hydrogens is 584 g/mol. The minimum atomic E-state index is -0.154. The Morgan fingerprint density at radius 3 is 2.47 bits per heavy atom. The fourth-order valence-electron chi connectivity index (χ4n) is 5.02. The molecule has 0 saturated carbocycles. The van der Waals surface area contributed by atoms with E-state index < -0.39 is 0 Å². The Hall–Kier alpha value is -2.91. The quantitative estimate of drug-likeness (QED) is 0.169. The summed E-state index contributed by atoms with van der Waals surface area (Å²) in [6, 6.07) is 22.0. The van der Waals surface area contributed by atoms with Crippen LogP contribution in [0.1, 0.15) is 34.7 Å². The van der Waals surface area contributed by atoms with Gasteiger partial charge in [-0.2, -0.15) is 0 Å². The maximum absolute atomic E-state index is 6.66. The van der Waals surface area contributed by atoms with Crippen LogP contribution >= 0.6 is 39.7 Å². The van der Waals surface area contributed by atoms with E-state index in [4.69, 9.17) is 33.3 Å². The van der Waals surface area contributed by atoms with Crippen LogP contribution in [0, 0.1) is 13.8 Å². The summed E-state index contributed by atoms with van der Waals surface area (Å²) in [5, 5.41) is 4.66. The third-order valence-electron chi connectivity index (χ3n) is 6.71. The third kappa shape index (κ3) is 5.18. The lowest BCUT2D eigenvalue weighted by molar-refractivity contribution is 0.146. The van der Waals surface area contributed by atoms with Crippen molar-refractivity contribution in [2.75, 3.05) is 25.2 Å². The van der Waals surface area contributed by atoms with Gasteiger partial charge in [-0.05, 0) is 92.3 Å². The van der Waals surface area contributed by atoms with Gasteiger partial charge in [0.25, 0.3) is 0 Å². The molecule has 0 amide bonds. The second-order valence-corrected chi connectivity index (χ2v) is 10.8. The Kier molecular flexibility index (Phi) is 8.04. The monoisotopic (exact) mass is 610 g/mol. The number of halogens is 2. The summed E-state index contributed by atoms with van der Waals surface area (Å²) in [7, 11) is 1.64. The number of aromatic nitrogens is 2. The van der Waals surface area contributed by atoms with Gasteiger partial charge < -0.3 is 24.3 Å². The largest absolute Gasteiger partial charge is 0.490 e. The van der Waals surface area contributed by atoms with Gasteiger partial charge in [-0.25, -0.2) is 0 Å². The summed E-state index contributed by atoms with van der Waals surface area (Å²) in [6.45, 7) is 5.19. The number of anilines is 1. The molecule has 1 aliphatic rings. The molecule has 0 spiro atoms. The molecule has 1 fully saturated rings. The highest BCUT2D eigenvalue weighted by atomic mass is 79.9. The van der Waals surface area contributed by atoms with Gasteiger partial charge in [0.1, 0.15) is 12.4 Å². The molecule has 6 nitrogen and oxygen atoms in total. The Bertz CT molecular complexity index is 1450. The van der Waals surface area contributed by atoms with E-state index in [9.17, 15) is 0 Å². The molecule has 4 aromatic rings. The molecule has 0 unspecified atom stereocenters. The van der Waals surface area contributed by atoms with Crippen LogP contribution < -0.4 is 15.0 Å². The van der Waals surface area contributed by atoms with E-state index in [-0.39, 0.29) is 12.1 Å². The number of benzene rings is 2. The lowest BCUT2D eigenvalue weighted by atomic mass is 9.96. The van der Waals surface area contributed by atoms with Gasteiger partial charge in [-0.1, -0.05) is 33.6 Å². The maximum Gasteiger partial charge on any atom is 0.174 e.